The fraction of sp³-hybridized carbons (Fsp3) is 0.111. The summed E-state index contributed by atoms with van der Waals surface area (Å²) in [5.74, 6) is -0.409. The summed E-state index contributed by atoms with van der Waals surface area (Å²) >= 11 is 0. The number of rotatable bonds is 4. The number of carbonyl (C=O) groups is 1. The fourth-order valence-corrected chi connectivity index (χ4v) is 1.96. The Labute approximate surface area is 124 Å². The Balaban J connectivity index is 2.30. The van der Waals surface area contributed by atoms with Gasteiger partial charge in [-0.2, -0.15) is 5.26 Å². The van der Waals surface area contributed by atoms with Crippen molar-refractivity contribution in [3.63, 3.8) is 0 Å². The van der Waals surface area contributed by atoms with Crippen LogP contribution in [0.5, 0.6) is 0 Å². The molecule has 2 rings (SSSR count). The van der Waals surface area contributed by atoms with Gasteiger partial charge in [0.05, 0.1) is 18.2 Å². The second kappa shape index (κ2) is 7.06. The van der Waals surface area contributed by atoms with Gasteiger partial charge < -0.3 is 4.74 Å². The molecule has 0 radical (unpaired) electrons. The van der Waals surface area contributed by atoms with Crippen LogP contribution in [0, 0.1) is 11.3 Å². The second-order valence-corrected chi connectivity index (χ2v) is 4.37. The third-order valence-electron chi connectivity index (χ3n) is 2.97. The van der Waals surface area contributed by atoms with E-state index in [9.17, 15) is 10.1 Å². The lowest BCUT2D eigenvalue weighted by molar-refractivity contribution is -0.137. The van der Waals surface area contributed by atoms with Gasteiger partial charge in [-0.05, 0) is 35.8 Å². The molecule has 0 N–H and O–H groups in total. The lowest BCUT2D eigenvalue weighted by Crippen LogP contribution is -1.98. The fourth-order valence-electron chi connectivity index (χ4n) is 1.96. The lowest BCUT2D eigenvalue weighted by Gasteiger charge is -2.04. The number of benzene rings is 2. The normalized spacial score (nSPS) is 10.3. The van der Waals surface area contributed by atoms with E-state index in [4.69, 9.17) is 4.74 Å². The van der Waals surface area contributed by atoms with Crippen LogP contribution >= 0.6 is 0 Å². The maximum Gasteiger partial charge on any atom is 0.330 e. The molecule has 0 saturated heterocycles. The van der Waals surface area contributed by atoms with Crippen LogP contribution in [0.1, 0.15) is 18.1 Å². The average molecular weight is 277 g/mol. The molecule has 0 unspecified atom stereocenters. The first-order valence-corrected chi connectivity index (χ1v) is 6.69. The molecule has 2 aromatic rings. The summed E-state index contributed by atoms with van der Waals surface area (Å²) in [6.07, 6.45) is 2.94. The van der Waals surface area contributed by atoms with E-state index < -0.39 is 5.97 Å². The number of nitriles is 1. The predicted octanol–water partition coefficient (Wildman–Crippen LogP) is 3.80. The molecule has 0 aliphatic carbocycles. The van der Waals surface area contributed by atoms with Crippen LogP contribution in [0.25, 0.3) is 17.2 Å². The summed E-state index contributed by atoms with van der Waals surface area (Å²) < 4.78 is 4.82. The molecule has 104 valence electrons. The number of esters is 1. The molecule has 0 aliphatic heterocycles. The quantitative estimate of drug-likeness (QED) is 0.631. The Bertz CT molecular complexity index is 697. The number of nitrogens with zero attached hydrogens (tertiary/aromatic N) is 1. The second-order valence-electron chi connectivity index (χ2n) is 4.37. The minimum absolute atomic E-state index is 0.335. The molecule has 0 heterocycles. The molecular formula is C18H15NO2. The van der Waals surface area contributed by atoms with Crippen molar-refractivity contribution in [2.75, 3.05) is 6.61 Å². The van der Waals surface area contributed by atoms with E-state index >= 15 is 0 Å². The van der Waals surface area contributed by atoms with E-state index in [-0.39, 0.29) is 0 Å². The van der Waals surface area contributed by atoms with Gasteiger partial charge in [-0.15, -0.1) is 0 Å². The van der Waals surface area contributed by atoms with Crippen molar-refractivity contribution in [1.82, 2.24) is 0 Å². The van der Waals surface area contributed by atoms with Crippen LogP contribution in [0.3, 0.4) is 0 Å². The molecule has 3 nitrogen and oxygen atoms in total. The smallest absolute Gasteiger partial charge is 0.330 e. The number of hydrogen-bond acceptors (Lipinski definition) is 3. The zero-order valence-corrected chi connectivity index (χ0v) is 11.7. The van der Waals surface area contributed by atoms with Gasteiger partial charge in [-0.1, -0.05) is 42.5 Å². The van der Waals surface area contributed by atoms with Gasteiger partial charge in [0.2, 0.25) is 0 Å². The monoisotopic (exact) mass is 277 g/mol. The summed E-state index contributed by atoms with van der Waals surface area (Å²) in [6.45, 7) is 2.09. The largest absolute Gasteiger partial charge is 0.463 e. The van der Waals surface area contributed by atoms with Crippen molar-refractivity contribution in [1.29, 1.82) is 5.26 Å². The number of ether oxygens (including phenoxy) is 1. The first-order valence-electron chi connectivity index (χ1n) is 6.69. The first-order chi connectivity index (χ1) is 10.2. The molecule has 0 amide bonds. The van der Waals surface area contributed by atoms with E-state index in [1.165, 1.54) is 6.08 Å². The summed E-state index contributed by atoms with van der Waals surface area (Å²) in [6, 6.07) is 17.6. The highest BCUT2D eigenvalue weighted by Gasteiger charge is 2.04. The molecule has 3 heteroatoms. The minimum Gasteiger partial charge on any atom is -0.463 e. The third-order valence-corrected chi connectivity index (χ3v) is 2.97. The maximum atomic E-state index is 11.3. The van der Waals surface area contributed by atoms with Crippen molar-refractivity contribution >= 4 is 12.0 Å². The zero-order chi connectivity index (χ0) is 15.1. The van der Waals surface area contributed by atoms with Crippen LogP contribution in [0.2, 0.25) is 0 Å². The highest BCUT2D eigenvalue weighted by Crippen LogP contribution is 2.22. The van der Waals surface area contributed by atoms with E-state index in [0.717, 1.165) is 11.1 Å². The Kier molecular flexibility index (Phi) is 4.89. The van der Waals surface area contributed by atoms with Gasteiger partial charge in [0.25, 0.3) is 0 Å². The maximum absolute atomic E-state index is 11.3. The minimum atomic E-state index is -0.409. The predicted molar refractivity (Wildman–Crippen MR) is 82.3 cm³/mol. The molecule has 0 atom stereocenters. The van der Waals surface area contributed by atoms with Crippen molar-refractivity contribution in [2.45, 2.75) is 6.92 Å². The van der Waals surface area contributed by atoms with Crippen LogP contribution in [0.4, 0.5) is 0 Å². The van der Waals surface area contributed by atoms with Crippen LogP contribution in [-0.4, -0.2) is 12.6 Å². The third kappa shape index (κ3) is 3.80. The van der Waals surface area contributed by atoms with E-state index in [1.807, 2.05) is 48.5 Å². The van der Waals surface area contributed by atoms with Crippen LogP contribution < -0.4 is 0 Å². The first kappa shape index (κ1) is 14.5. The van der Waals surface area contributed by atoms with Crippen molar-refractivity contribution in [3.05, 3.63) is 65.7 Å². The Morgan fingerprint density at radius 1 is 1.19 bits per heavy atom. The van der Waals surface area contributed by atoms with Gasteiger partial charge in [-0.25, -0.2) is 4.79 Å². The van der Waals surface area contributed by atoms with Crippen LogP contribution in [-0.2, 0) is 9.53 Å². The van der Waals surface area contributed by atoms with Crippen LogP contribution in [0.15, 0.2) is 54.6 Å². The molecule has 0 bridgehead atoms. The summed E-state index contributed by atoms with van der Waals surface area (Å²) in [5.41, 5.74) is 3.25. The highest BCUT2D eigenvalue weighted by molar-refractivity contribution is 5.87. The van der Waals surface area contributed by atoms with Crippen molar-refractivity contribution in [2.24, 2.45) is 0 Å². The molecule has 0 fully saturated rings. The standard InChI is InChI=1S/C18H15NO2/c1-2-21-18(20)11-10-15-8-9-16(12-17(15)13-19)14-6-4-3-5-7-14/h3-12H,2H2,1H3. The van der Waals surface area contributed by atoms with E-state index in [2.05, 4.69) is 6.07 Å². The highest BCUT2D eigenvalue weighted by atomic mass is 16.5. The van der Waals surface area contributed by atoms with Gasteiger partial charge >= 0.3 is 5.97 Å². The van der Waals surface area contributed by atoms with Gasteiger partial charge in [0.15, 0.2) is 0 Å². The Hall–Kier alpha value is -2.86. The van der Waals surface area contributed by atoms with Gasteiger partial charge in [0, 0.05) is 6.08 Å². The Morgan fingerprint density at radius 2 is 1.95 bits per heavy atom. The Morgan fingerprint density at radius 3 is 2.62 bits per heavy atom. The molecule has 0 spiro atoms. The SMILES string of the molecule is CCOC(=O)C=Cc1ccc(-c2ccccc2)cc1C#N. The number of hydrogen-bond donors (Lipinski definition) is 0. The zero-order valence-electron chi connectivity index (χ0n) is 11.7. The molecule has 0 saturated carbocycles. The molecular weight excluding hydrogens is 262 g/mol. The summed E-state index contributed by atoms with van der Waals surface area (Å²) in [4.78, 5) is 11.3. The molecule has 0 aliphatic rings. The lowest BCUT2D eigenvalue weighted by atomic mass is 9.99. The molecule has 21 heavy (non-hydrogen) atoms. The summed E-state index contributed by atoms with van der Waals surface area (Å²) in [5, 5.41) is 9.26. The van der Waals surface area contributed by atoms with Gasteiger partial charge in [0.1, 0.15) is 0 Å². The van der Waals surface area contributed by atoms with Crippen molar-refractivity contribution < 1.29 is 9.53 Å². The molecule has 0 aromatic heterocycles. The molecule has 2 aromatic carbocycles. The number of carbonyl (C=O) groups excluding carboxylic acids is 1. The average Bonchev–Trinajstić information content (AvgIpc) is 2.54. The summed E-state index contributed by atoms with van der Waals surface area (Å²) in [7, 11) is 0. The van der Waals surface area contributed by atoms with E-state index in [1.54, 1.807) is 13.0 Å². The van der Waals surface area contributed by atoms with Crippen molar-refractivity contribution in [3.8, 4) is 17.2 Å². The van der Waals surface area contributed by atoms with Gasteiger partial charge in [-0.3, -0.25) is 0 Å². The van der Waals surface area contributed by atoms with E-state index in [0.29, 0.717) is 17.7 Å². The topological polar surface area (TPSA) is 50.1 Å².